The van der Waals surface area contributed by atoms with E-state index in [0.717, 1.165) is 23.7 Å². The Morgan fingerprint density at radius 1 is 1.22 bits per heavy atom. The normalized spacial score (nSPS) is 9.22. The molecule has 0 spiro atoms. The fraction of sp³-hybridized carbons (Fsp3) is 0.250. The summed E-state index contributed by atoms with van der Waals surface area (Å²) in [5, 5.41) is 0. The van der Waals surface area contributed by atoms with Gasteiger partial charge >= 0.3 is 0 Å². The van der Waals surface area contributed by atoms with Crippen LogP contribution < -0.4 is 10.5 Å². The number of nitrogens with zero attached hydrogens (tertiary/aromatic N) is 1. The van der Waals surface area contributed by atoms with Crippen LogP contribution in [0.2, 0.25) is 0 Å². The highest BCUT2D eigenvalue weighted by Crippen LogP contribution is 2.13. The van der Waals surface area contributed by atoms with Crippen LogP contribution in [0.5, 0.6) is 5.75 Å². The maximum Gasteiger partial charge on any atom is 0.120 e. The minimum atomic E-state index is 0. The van der Waals surface area contributed by atoms with Gasteiger partial charge in [0.2, 0.25) is 0 Å². The SMILES string of the molecule is COc1ccc(Cc2cnc(CN)[nH]2)cc1.Cl.Cl. The Labute approximate surface area is 119 Å². The number of aromatic amines is 1. The number of nitrogens with two attached hydrogens (primary N) is 1. The number of hydrogen-bond donors (Lipinski definition) is 2. The van der Waals surface area contributed by atoms with E-state index in [1.165, 1.54) is 5.56 Å². The second-order valence-electron chi connectivity index (χ2n) is 3.58. The Hall–Kier alpha value is -1.23. The molecule has 2 aromatic rings. The summed E-state index contributed by atoms with van der Waals surface area (Å²) in [6.07, 6.45) is 2.66. The van der Waals surface area contributed by atoms with Crippen LogP contribution in [0, 0.1) is 0 Å². The Morgan fingerprint density at radius 2 is 1.89 bits per heavy atom. The molecular weight excluding hydrogens is 273 g/mol. The van der Waals surface area contributed by atoms with Crippen LogP contribution in [0.3, 0.4) is 0 Å². The minimum Gasteiger partial charge on any atom is -0.497 e. The maximum absolute atomic E-state index is 5.48. The summed E-state index contributed by atoms with van der Waals surface area (Å²) in [4.78, 5) is 7.33. The van der Waals surface area contributed by atoms with Crippen molar-refractivity contribution in [3.05, 3.63) is 47.5 Å². The standard InChI is InChI=1S/C12H15N3O.2ClH/c1-16-11-4-2-9(3-5-11)6-10-8-14-12(7-13)15-10;;/h2-5,8H,6-7,13H2,1H3,(H,14,15);2*1H. The number of rotatable bonds is 4. The molecule has 0 aliphatic heterocycles. The average Bonchev–Trinajstić information content (AvgIpc) is 2.78. The number of methoxy groups -OCH3 is 1. The van der Waals surface area contributed by atoms with E-state index in [4.69, 9.17) is 10.5 Å². The van der Waals surface area contributed by atoms with E-state index in [0.29, 0.717) is 6.54 Å². The number of imidazole rings is 1. The van der Waals surface area contributed by atoms with Gasteiger partial charge in [0, 0.05) is 18.3 Å². The molecule has 0 radical (unpaired) electrons. The van der Waals surface area contributed by atoms with Crippen molar-refractivity contribution in [2.45, 2.75) is 13.0 Å². The van der Waals surface area contributed by atoms with E-state index in [-0.39, 0.29) is 24.8 Å². The highest BCUT2D eigenvalue weighted by Gasteiger charge is 2.00. The van der Waals surface area contributed by atoms with Gasteiger partial charge in [-0.3, -0.25) is 0 Å². The van der Waals surface area contributed by atoms with Crippen LogP contribution in [0.4, 0.5) is 0 Å². The Balaban J connectivity index is 0.00000144. The lowest BCUT2D eigenvalue weighted by atomic mass is 10.1. The lowest BCUT2D eigenvalue weighted by molar-refractivity contribution is 0.414. The zero-order chi connectivity index (χ0) is 11.4. The quantitative estimate of drug-likeness (QED) is 0.908. The number of halogens is 2. The number of ether oxygens (including phenoxy) is 1. The molecule has 0 amide bonds. The summed E-state index contributed by atoms with van der Waals surface area (Å²) in [6.45, 7) is 0.447. The molecule has 1 heterocycles. The van der Waals surface area contributed by atoms with Gasteiger partial charge in [0.15, 0.2) is 0 Å². The number of aromatic nitrogens is 2. The van der Waals surface area contributed by atoms with Crippen molar-refractivity contribution in [3.8, 4) is 5.75 Å². The summed E-state index contributed by atoms with van der Waals surface area (Å²) < 4.78 is 5.10. The van der Waals surface area contributed by atoms with Crippen molar-refractivity contribution in [2.75, 3.05) is 7.11 Å². The first kappa shape index (κ1) is 16.8. The summed E-state index contributed by atoms with van der Waals surface area (Å²) in [7, 11) is 1.66. The second kappa shape index (κ2) is 7.97. The van der Waals surface area contributed by atoms with Gasteiger partial charge < -0.3 is 15.5 Å². The topological polar surface area (TPSA) is 63.9 Å². The van der Waals surface area contributed by atoms with Crippen LogP contribution >= 0.6 is 24.8 Å². The lowest BCUT2D eigenvalue weighted by Crippen LogP contribution is -1.98. The fourth-order valence-corrected chi connectivity index (χ4v) is 1.56. The van der Waals surface area contributed by atoms with Gasteiger partial charge in [-0.2, -0.15) is 0 Å². The third-order valence-electron chi connectivity index (χ3n) is 2.43. The minimum absolute atomic E-state index is 0. The molecule has 0 fully saturated rings. The first-order chi connectivity index (χ1) is 7.81. The van der Waals surface area contributed by atoms with Crippen molar-refractivity contribution in [3.63, 3.8) is 0 Å². The zero-order valence-electron chi connectivity index (χ0n) is 10.1. The van der Waals surface area contributed by atoms with E-state index in [1.54, 1.807) is 7.11 Å². The van der Waals surface area contributed by atoms with Crippen molar-refractivity contribution in [2.24, 2.45) is 5.73 Å². The fourth-order valence-electron chi connectivity index (χ4n) is 1.56. The number of H-pyrrole nitrogens is 1. The van der Waals surface area contributed by atoms with E-state index < -0.39 is 0 Å². The third-order valence-corrected chi connectivity index (χ3v) is 2.43. The highest BCUT2D eigenvalue weighted by atomic mass is 35.5. The molecular formula is C12H17Cl2N3O. The van der Waals surface area contributed by atoms with Gasteiger partial charge in [0.25, 0.3) is 0 Å². The summed E-state index contributed by atoms with van der Waals surface area (Å²) in [5.74, 6) is 1.69. The van der Waals surface area contributed by atoms with Crippen molar-refractivity contribution in [1.82, 2.24) is 9.97 Å². The molecule has 0 aliphatic carbocycles. The van der Waals surface area contributed by atoms with Crippen molar-refractivity contribution >= 4 is 24.8 Å². The molecule has 0 atom stereocenters. The molecule has 0 aliphatic rings. The molecule has 2 rings (SSSR count). The predicted octanol–water partition coefficient (Wildman–Crippen LogP) is 2.31. The van der Waals surface area contributed by atoms with E-state index in [2.05, 4.69) is 9.97 Å². The van der Waals surface area contributed by atoms with Crippen LogP contribution in [0.25, 0.3) is 0 Å². The van der Waals surface area contributed by atoms with Gasteiger partial charge in [-0.05, 0) is 17.7 Å². The number of nitrogens with one attached hydrogen (secondary N) is 1. The van der Waals surface area contributed by atoms with E-state index in [9.17, 15) is 0 Å². The maximum atomic E-state index is 5.48. The largest absolute Gasteiger partial charge is 0.497 e. The van der Waals surface area contributed by atoms with Crippen LogP contribution in [-0.4, -0.2) is 17.1 Å². The van der Waals surface area contributed by atoms with Gasteiger partial charge in [-0.1, -0.05) is 12.1 Å². The van der Waals surface area contributed by atoms with E-state index >= 15 is 0 Å². The number of hydrogen-bond acceptors (Lipinski definition) is 3. The van der Waals surface area contributed by atoms with Gasteiger partial charge in [0.1, 0.15) is 11.6 Å². The molecule has 1 aromatic heterocycles. The molecule has 100 valence electrons. The van der Waals surface area contributed by atoms with E-state index in [1.807, 2.05) is 30.5 Å². The molecule has 1 aromatic carbocycles. The zero-order valence-corrected chi connectivity index (χ0v) is 11.7. The van der Waals surface area contributed by atoms with Crippen molar-refractivity contribution in [1.29, 1.82) is 0 Å². The van der Waals surface area contributed by atoms with Gasteiger partial charge in [-0.25, -0.2) is 4.98 Å². The van der Waals surface area contributed by atoms with Gasteiger partial charge in [0.05, 0.1) is 13.7 Å². The summed E-state index contributed by atoms with van der Waals surface area (Å²) in [5.41, 5.74) is 7.77. The molecule has 3 N–H and O–H groups in total. The third kappa shape index (κ3) is 4.22. The predicted molar refractivity (Wildman–Crippen MR) is 76.8 cm³/mol. The molecule has 0 saturated heterocycles. The van der Waals surface area contributed by atoms with Crippen LogP contribution in [0.1, 0.15) is 17.1 Å². The monoisotopic (exact) mass is 289 g/mol. The summed E-state index contributed by atoms with van der Waals surface area (Å²) >= 11 is 0. The Bertz CT molecular complexity index is 457. The van der Waals surface area contributed by atoms with Crippen LogP contribution in [0.15, 0.2) is 30.5 Å². The smallest absolute Gasteiger partial charge is 0.120 e. The number of benzene rings is 1. The molecule has 0 bridgehead atoms. The molecule has 6 heteroatoms. The van der Waals surface area contributed by atoms with Gasteiger partial charge in [-0.15, -0.1) is 24.8 Å². The molecule has 0 unspecified atom stereocenters. The molecule has 4 nitrogen and oxygen atoms in total. The lowest BCUT2D eigenvalue weighted by Gasteiger charge is -2.01. The molecule has 18 heavy (non-hydrogen) atoms. The molecule has 0 saturated carbocycles. The Kier molecular flexibility index (Phi) is 7.43. The second-order valence-corrected chi connectivity index (χ2v) is 3.58. The summed E-state index contributed by atoms with van der Waals surface area (Å²) in [6, 6.07) is 7.99. The Morgan fingerprint density at radius 3 is 2.39 bits per heavy atom. The average molecular weight is 290 g/mol. The van der Waals surface area contributed by atoms with Crippen molar-refractivity contribution < 1.29 is 4.74 Å². The highest BCUT2D eigenvalue weighted by molar-refractivity contribution is 5.85. The first-order valence-corrected chi connectivity index (χ1v) is 5.17. The first-order valence-electron chi connectivity index (χ1n) is 5.17. The van der Waals surface area contributed by atoms with Crippen LogP contribution in [-0.2, 0) is 13.0 Å².